The van der Waals surface area contributed by atoms with Crippen molar-refractivity contribution >= 4 is 11.7 Å². The van der Waals surface area contributed by atoms with Gasteiger partial charge in [0.05, 0.1) is 37.9 Å². The van der Waals surface area contributed by atoms with Crippen LogP contribution in [0.4, 0.5) is 4.39 Å². The van der Waals surface area contributed by atoms with Crippen molar-refractivity contribution in [1.29, 1.82) is 0 Å². The summed E-state index contributed by atoms with van der Waals surface area (Å²) in [7, 11) is 1.64. The summed E-state index contributed by atoms with van der Waals surface area (Å²) in [6.07, 6.45) is 8.37. The second kappa shape index (κ2) is 9.73. The van der Waals surface area contributed by atoms with E-state index in [4.69, 9.17) is 4.74 Å². The largest absolute Gasteiger partial charge is 0.383 e. The van der Waals surface area contributed by atoms with E-state index in [1.165, 1.54) is 12.5 Å². The predicted molar refractivity (Wildman–Crippen MR) is 114 cm³/mol. The highest BCUT2D eigenvalue weighted by molar-refractivity contribution is 6.01. The number of carbonyl (C=O) groups excluding carboxylic acids is 2. The molecule has 2 heterocycles. The van der Waals surface area contributed by atoms with E-state index in [2.05, 4.69) is 5.10 Å². The molecule has 1 atom stereocenters. The minimum Gasteiger partial charge on any atom is -0.383 e. The summed E-state index contributed by atoms with van der Waals surface area (Å²) < 4.78 is 21.2. The van der Waals surface area contributed by atoms with Gasteiger partial charge < -0.3 is 9.64 Å². The summed E-state index contributed by atoms with van der Waals surface area (Å²) in [6, 6.07) is 5.87. The number of rotatable bonds is 9. The van der Waals surface area contributed by atoms with E-state index >= 15 is 0 Å². The first kappa shape index (κ1) is 21.7. The minimum atomic E-state index is -0.550. The molecule has 0 N–H and O–H groups in total. The zero-order valence-electron chi connectivity index (χ0n) is 18.1. The first-order valence-corrected chi connectivity index (χ1v) is 11.2. The monoisotopic (exact) mass is 427 g/mol. The number of benzene rings is 1. The lowest BCUT2D eigenvalue weighted by molar-refractivity contribution is -0.123. The number of carbonyl (C=O) groups is 2. The maximum absolute atomic E-state index is 14.3. The van der Waals surface area contributed by atoms with Gasteiger partial charge in [-0.05, 0) is 30.5 Å². The lowest BCUT2D eigenvalue weighted by Gasteiger charge is -2.31. The highest BCUT2D eigenvalue weighted by atomic mass is 19.1. The maximum atomic E-state index is 14.3. The van der Waals surface area contributed by atoms with Crippen LogP contribution in [-0.4, -0.2) is 46.1 Å². The van der Waals surface area contributed by atoms with Crippen LogP contribution in [-0.2, 0) is 29.0 Å². The maximum Gasteiger partial charge on any atom is 0.255 e. The fourth-order valence-electron chi connectivity index (χ4n) is 4.84. The van der Waals surface area contributed by atoms with Crippen LogP contribution in [0.1, 0.15) is 60.1 Å². The van der Waals surface area contributed by atoms with E-state index in [1.54, 1.807) is 28.8 Å². The molecule has 2 aliphatic rings. The summed E-state index contributed by atoms with van der Waals surface area (Å²) in [5, 5.41) is 4.47. The van der Waals surface area contributed by atoms with Crippen molar-refractivity contribution in [3.63, 3.8) is 0 Å². The molecule has 0 unspecified atom stereocenters. The standard InChI is InChI=1S/C24H30FN3O3/c1-31-13-12-27-11-10-18(26-27)15-23(29)22(14-17-6-3-2-4-7-17)28-16-20-19(24(28)30)8-5-9-21(20)25/h5,8-11,17,22H,2-4,6-7,12-16H2,1H3/t22-/m0/s1. The average molecular weight is 428 g/mol. The quantitative estimate of drug-likeness (QED) is 0.611. The van der Waals surface area contributed by atoms with Gasteiger partial charge in [0.2, 0.25) is 0 Å². The Balaban J connectivity index is 1.53. The van der Waals surface area contributed by atoms with Crippen LogP contribution in [0.3, 0.4) is 0 Å². The van der Waals surface area contributed by atoms with Crippen LogP contribution < -0.4 is 0 Å². The van der Waals surface area contributed by atoms with Gasteiger partial charge in [-0.2, -0.15) is 5.10 Å². The molecule has 1 aromatic heterocycles. The molecule has 1 aliphatic heterocycles. The molecule has 1 amide bonds. The third kappa shape index (κ3) is 4.87. The van der Waals surface area contributed by atoms with Gasteiger partial charge in [0.25, 0.3) is 5.91 Å². The van der Waals surface area contributed by atoms with E-state index in [0.717, 1.165) is 25.7 Å². The second-order valence-electron chi connectivity index (χ2n) is 8.66. The lowest BCUT2D eigenvalue weighted by atomic mass is 9.83. The molecule has 0 bridgehead atoms. The number of Topliss-reactive ketones (excluding diaryl/α,β-unsaturated/α-hetero) is 1. The first-order valence-electron chi connectivity index (χ1n) is 11.2. The normalized spacial score (nSPS) is 17.7. The number of fused-ring (bicyclic) bond motifs is 1. The number of ketones is 1. The van der Waals surface area contributed by atoms with Crippen LogP contribution in [0, 0.1) is 11.7 Å². The number of ether oxygens (including phenoxy) is 1. The van der Waals surface area contributed by atoms with E-state index in [1.807, 2.05) is 12.3 Å². The van der Waals surface area contributed by atoms with Crippen molar-refractivity contribution in [3.8, 4) is 0 Å². The summed E-state index contributed by atoms with van der Waals surface area (Å²) in [5.74, 6) is -0.226. The number of aromatic nitrogens is 2. The third-order valence-electron chi connectivity index (χ3n) is 6.54. The molecule has 1 aromatic carbocycles. The van der Waals surface area contributed by atoms with Crippen LogP contribution in [0.2, 0.25) is 0 Å². The van der Waals surface area contributed by atoms with Crippen LogP contribution in [0.5, 0.6) is 0 Å². The summed E-state index contributed by atoms with van der Waals surface area (Å²) in [5.41, 5.74) is 1.47. The number of nitrogens with zero attached hydrogens (tertiary/aromatic N) is 3. The second-order valence-corrected chi connectivity index (χ2v) is 8.66. The summed E-state index contributed by atoms with van der Waals surface area (Å²) in [4.78, 5) is 28.1. The zero-order valence-corrected chi connectivity index (χ0v) is 18.1. The van der Waals surface area contributed by atoms with Gasteiger partial charge in [-0.25, -0.2) is 4.39 Å². The van der Waals surface area contributed by atoms with Gasteiger partial charge in [-0.15, -0.1) is 0 Å². The predicted octanol–water partition coefficient (Wildman–Crippen LogP) is 3.78. The van der Waals surface area contributed by atoms with E-state index < -0.39 is 6.04 Å². The Morgan fingerprint density at radius 3 is 2.81 bits per heavy atom. The smallest absolute Gasteiger partial charge is 0.255 e. The Kier molecular flexibility index (Phi) is 6.80. The topological polar surface area (TPSA) is 64.4 Å². The molecule has 31 heavy (non-hydrogen) atoms. The van der Waals surface area contributed by atoms with Crippen molar-refractivity contribution in [2.24, 2.45) is 5.92 Å². The molecule has 0 radical (unpaired) electrons. The number of hydrogen-bond donors (Lipinski definition) is 0. The third-order valence-corrected chi connectivity index (χ3v) is 6.54. The number of hydrogen-bond acceptors (Lipinski definition) is 4. The molecule has 166 valence electrons. The lowest BCUT2D eigenvalue weighted by Crippen LogP contribution is -2.43. The number of methoxy groups -OCH3 is 1. The van der Waals surface area contributed by atoms with Crippen molar-refractivity contribution < 1.29 is 18.7 Å². The molecule has 7 heteroatoms. The van der Waals surface area contributed by atoms with Gasteiger partial charge in [-0.3, -0.25) is 14.3 Å². The first-order chi connectivity index (χ1) is 15.1. The summed E-state index contributed by atoms with van der Waals surface area (Å²) >= 11 is 0. The van der Waals surface area contributed by atoms with Crippen molar-refractivity contribution in [2.45, 2.75) is 64.1 Å². The van der Waals surface area contributed by atoms with Gasteiger partial charge in [0, 0.05) is 24.4 Å². The van der Waals surface area contributed by atoms with Crippen molar-refractivity contribution in [3.05, 3.63) is 53.1 Å². The van der Waals surface area contributed by atoms with Gasteiger partial charge in [-0.1, -0.05) is 38.2 Å². The SMILES string of the molecule is COCCn1ccc(CC(=O)[C@H](CC2CCCCC2)N2Cc3c(F)cccc3C2=O)n1. The molecule has 1 saturated carbocycles. The van der Waals surface area contributed by atoms with E-state index in [0.29, 0.717) is 42.3 Å². The molecule has 0 spiro atoms. The molecule has 6 nitrogen and oxygen atoms in total. The Morgan fingerprint density at radius 1 is 1.26 bits per heavy atom. The average Bonchev–Trinajstić information content (AvgIpc) is 3.36. The molecule has 4 rings (SSSR count). The van der Waals surface area contributed by atoms with E-state index in [-0.39, 0.29) is 30.5 Å². The van der Waals surface area contributed by atoms with E-state index in [9.17, 15) is 14.0 Å². The number of halogens is 1. The Morgan fingerprint density at radius 2 is 2.06 bits per heavy atom. The zero-order chi connectivity index (χ0) is 21.8. The van der Waals surface area contributed by atoms with Crippen LogP contribution in [0.25, 0.3) is 0 Å². The number of amides is 1. The van der Waals surface area contributed by atoms with Crippen molar-refractivity contribution in [1.82, 2.24) is 14.7 Å². The highest BCUT2D eigenvalue weighted by Crippen LogP contribution is 2.33. The Hall–Kier alpha value is -2.54. The fourth-order valence-corrected chi connectivity index (χ4v) is 4.84. The minimum absolute atomic E-state index is 0.0240. The molecule has 1 aliphatic carbocycles. The van der Waals surface area contributed by atoms with Crippen molar-refractivity contribution in [2.75, 3.05) is 13.7 Å². The Labute approximate surface area is 182 Å². The summed E-state index contributed by atoms with van der Waals surface area (Å²) in [6.45, 7) is 1.33. The molecule has 1 fully saturated rings. The van der Waals surface area contributed by atoms with Crippen LogP contribution in [0.15, 0.2) is 30.5 Å². The Bertz CT molecular complexity index is 936. The van der Waals surface area contributed by atoms with Gasteiger partial charge in [0.1, 0.15) is 5.82 Å². The van der Waals surface area contributed by atoms with Crippen LogP contribution >= 0.6 is 0 Å². The molecule has 0 saturated heterocycles. The molecule has 2 aromatic rings. The molecular weight excluding hydrogens is 397 g/mol. The van der Waals surface area contributed by atoms with Gasteiger partial charge >= 0.3 is 0 Å². The van der Waals surface area contributed by atoms with Gasteiger partial charge in [0.15, 0.2) is 5.78 Å². The molecular formula is C24H30FN3O3. The highest BCUT2D eigenvalue weighted by Gasteiger charge is 2.38. The fraction of sp³-hybridized carbons (Fsp3) is 0.542.